The molecule has 6 nitrogen and oxygen atoms in total. The molecule has 0 saturated carbocycles. The van der Waals surface area contributed by atoms with Crippen LogP contribution in [-0.2, 0) is 0 Å². The van der Waals surface area contributed by atoms with Crippen molar-refractivity contribution in [1.82, 2.24) is 25.1 Å². The van der Waals surface area contributed by atoms with Crippen LogP contribution >= 0.6 is 11.6 Å². The highest BCUT2D eigenvalue weighted by atomic mass is 35.5. The van der Waals surface area contributed by atoms with Crippen LogP contribution in [0.4, 0.5) is 10.1 Å². The number of anilines is 1. The largest absolute Gasteiger partial charge is 0.382 e. The van der Waals surface area contributed by atoms with Gasteiger partial charge in [-0.25, -0.2) is 9.37 Å². The van der Waals surface area contributed by atoms with Gasteiger partial charge in [0.1, 0.15) is 5.82 Å². The van der Waals surface area contributed by atoms with Gasteiger partial charge in [0.25, 0.3) is 0 Å². The number of hydrogen-bond donors (Lipinski definition) is 2. The highest BCUT2D eigenvalue weighted by molar-refractivity contribution is 6.30. The van der Waals surface area contributed by atoms with E-state index in [1.807, 2.05) is 24.4 Å². The number of H-pyrrole nitrogens is 1. The first-order chi connectivity index (χ1) is 16.5. The van der Waals surface area contributed by atoms with E-state index in [4.69, 9.17) is 16.6 Å². The van der Waals surface area contributed by atoms with Crippen LogP contribution in [0.2, 0.25) is 5.02 Å². The number of nitrogens with zero attached hydrogens (tertiary/aromatic N) is 4. The van der Waals surface area contributed by atoms with E-state index in [2.05, 4.69) is 39.2 Å². The standard InChI is InChI=1S/C26H28ClFN6/c1-16-9-17(2)15-34(14-16)8-7-29-19-11-25-24(30-12-19)6-5-23(32-25)21-13-31-33-26(21)20-10-18(27)3-4-22(20)28/h3-6,10-13,16-17,29H,7-9,14-15H2,1-2H3,(H,31,33)/t16-,17+. The van der Waals surface area contributed by atoms with Gasteiger partial charge < -0.3 is 10.2 Å². The number of piperidine rings is 1. The minimum absolute atomic E-state index is 0.358. The molecule has 0 aliphatic carbocycles. The number of fused-ring (bicyclic) bond motifs is 1. The average molecular weight is 479 g/mol. The van der Waals surface area contributed by atoms with Gasteiger partial charge in [-0.15, -0.1) is 0 Å². The van der Waals surface area contributed by atoms with E-state index in [1.54, 1.807) is 12.3 Å². The molecule has 1 saturated heterocycles. The Hall–Kier alpha value is -3.03. The molecule has 4 heterocycles. The molecular weight excluding hydrogens is 451 g/mol. The second-order valence-electron chi connectivity index (χ2n) is 9.37. The van der Waals surface area contributed by atoms with E-state index in [-0.39, 0.29) is 5.82 Å². The lowest BCUT2D eigenvalue weighted by molar-refractivity contribution is 0.146. The van der Waals surface area contributed by atoms with Crippen molar-refractivity contribution in [2.45, 2.75) is 20.3 Å². The van der Waals surface area contributed by atoms with Crippen molar-refractivity contribution in [2.24, 2.45) is 11.8 Å². The topological polar surface area (TPSA) is 69.7 Å². The molecular formula is C26H28ClFN6. The van der Waals surface area contributed by atoms with Gasteiger partial charge in [-0.3, -0.25) is 10.1 Å². The summed E-state index contributed by atoms with van der Waals surface area (Å²) in [6.45, 7) is 8.84. The number of rotatable bonds is 6. The van der Waals surface area contributed by atoms with E-state index in [0.29, 0.717) is 27.5 Å². The zero-order valence-electron chi connectivity index (χ0n) is 19.4. The molecule has 2 N–H and O–H groups in total. The van der Waals surface area contributed by atoms with E-state index >= 15 is 0 Å². The Labute approximate surface area is 203 Å². The summed E-state index contributed by atoms with van der Waals surface area (Å²) in [4.78, 5) is 11.9. The van der Waals surface area contributed by atoms with Crippen LogP contribution in [0, 0.1) is 17.7 Å². The number of hydrogen-bond acceptors (Lipinski definition) is 5. The summed E-state index contributed by atoms with van der Waals surface area (Å²) in [5.74, 6) is 1.13. The maximum Gasteiger partial charge on any atom is 0.132 e. The summed E-state index contributed by atoms with van der Waals surface area (Å²) in [6.07, 6.45) is 4.81. The van der Waals surface area contributed by atoms with E-state index < -0.39 is 0 Å². The number of likely N-dealkylation sites (tertiary alicyclic amines) is 1. The van der Waals surface area contributed by atoms with Crippen molar-refractivity contribution >= 4 is 28.3 Å². The Balaban J connectivity index is 1.35. The van der Waals surface area contributed by atoms with Gasteiger partial charge in [0, 0.05) is 42.3 Å². The summed E-state index contributed by atoms with van der Waals surface area (Å²) in [6, 6.07) is 10.3. The molecule has 0 unspecified atom stereocenters. The number of aromatic nitrogens is 4. The molecule has 1 fully saturated rings. The first-order valence-corrected chi connectivity index (χ1v) is 12.1. The van der Waals surface area contributed by atoms with E-state index in [1.165, 1.54) is 18.6 Å². The molecule has 1 aromatic carbocycles. The first-order valence-electron chi connectivity index (χ1n) is 11.7. The number of aromatic amines is 1. The molecule has 3 aromatic heterocycles. The fourth-order valence-electron chi connectivity index (χ4n) is 4.96. The van der Waals surface area contributed by atoms with Crippen LogP contribution < -0.4 is 5.32 Å². The summed E-state index contributed by atoms with van der Waals surface area (Å²) >= 11 is 6.10. The number of pyridine rings is 2. The van der Waals surface area contributed by atoms with Gasteiger partial charge in [-0.2, -0.15) is 5.10 Å². The van der Waals surface area contributed by atoms with Gasteiger partial charge >= 0.3 is 0 Å². The normalized spacial score (nSPS) is 18.9. The highest BCUT2D eigenvalue weighted by Crippen LogP contribution is 2.33. The molecule has 4 aromatic rings. The van der Waals surface area contributed by atoms with Gasteiger partial charge in [0.2, 0.25) is 0 Å². The Morgan fingerprint density at radius 3 is 2.71 bits per heavy atom. The molecule has 5 rings (SSSR count). The smallest absolute Gasteiger partial charge is 0.132 e. The Bertz CT molecular complexity index is 1300. The third-order valence-corrected chi connectivity index (χ3v) is 6.59. The third kappa shape index (κ3) is 4.91. The lowest BCUT2D eigenvalue weighted by Gasteiger charge is -2.35. The zero-order valence-corrected chi connectivity index (χ0v) is 20.1. The van der Waals surface area contributed by atoms with Gasteiger partial charge in [0.15, 0.2) is 0 Å². The molecule has 0 amide bonds. The molecule has 2 atom stereocenters. The number of halogens is 2. The van der Waals surface area contributed by atoms with Crippen LogP contribution in [0.5, 0.6) is 0 Å². The lowest BCUT2D eigenvalue weighted by Crippen LogP contribution is -2.41. The zero-order chi connectivity index (χ0) is 23.7. The molecule has 176 valence electrons. The molecule has 1 aliphatic heterocycles. The van der Waals surface area contributed by atoms with Crippen LogP contribution in [0.1, 0.15) is 20.3 Å². The second-order valence-corrected chi connectivity index (χ2v) is 9.81. The van der Waals surface area contributed by atoms with Crippen molar-refractivity contribution in [3.63, 3.8) is 0 Å². The van der Waals surface area contributed by atoms with Gasteiger partial charge in [-0.1, -0.05) is 25.4 Å². The second kappa shape index (κ2) is 9.68. The highest BCUT2D eigenvalue weighted by Gasteiger charge is 2.21. The molecule has 8 heteroatoms. The molecule has 0 radical (unpaired) electrons. The molecule has 34 heavy (non-hydrogen) atoms. The predicted molar refractivity (Wildman–Crippen MR) is 135 cm³/mol. The van der Waals surface area contributed by atoms with Crippen LogP contribution in [-0.4, -0.2) is 51.2 Å². The predicted octanol–water partition coefficient (Wildman–Crippen LogP) is 5.87. The molecule has 0 spiro atoms. The van der Waals surface area contributed by atoms with Crippen LogP contribution in [0.15, 0.2) is 48.8 Å². The van der Waals surface area contributed by atoms with Gasteiger partial charge in [-0.05, 0) is 54.7 Å². The van der Waals surface area contributed by atoms with E-state index in [0.717, 1.165) is 54.7 Å². The third-order valence-electron chi connectivity index (χ3n) is 6.35. The Morgan fingerprint density at radius 2 is 1.88 bits per heavy atom. The summed E-state index contributed by atoms with van der Waals surface area (Å²) in [5.41, 5.74) is 4.79. The fraction of sp³-hybridized carbons (Fsp3) is 0.346. The lowest BCUT2D eigenvalue weighted by atomic mass is 9.92. The average Bonchev–Trinajstić information content (AvgIpc) is 3.29. The maximum atomic E-state index is 14.5. The first kappa shape index (κ1) is 22.7. The summed E-state index contributed by atoms with van der Waals surface area (Å²) in [5, 5.41) is 11.0. The van der Waals surface area contributed by atoms with E-state index in [9.17, 15) is 4.39 Å². The number of benzene rings is 1. The van der Waals surface area contributed by atoms with Gasteiger partial charge in [0.05, 0.1) is 40.5 Å². The van der Waals surface area contributed by atoms with Crippen LogP contribution in [0.25, 0.3) is 33.5 Å². The van der Waals surface area contributed by atoms with Crippen molar-refractivity contribution in [1.29, 1.82) is 0 Å². The maximum absolute atomic E-state index is 14.5. The fourth-order valence-corrected chi connectivity index (χ4v) is 5.13. The minimum Gasteiger partial charge on any atom is -0.382 e. The summed E-state index contributed by atoms with van der Waals surface area (Å²) in [7, 11) is 0. The van der Waals surface area contributed by atoms with Crippen molar-refractivity contribution in [3.05, 3.63) is 59.6 Å². The minimum atomic E-state index is -0.374. The van der Waals surface area contributed by atoms with Crippen molar-refractivity contribution in [3.8, 4) is 22.5 Å². The Kier molecular flexibility index (Phi) is 6.48. The van der Waals surface area contributed by atoms with Crippen molar-refractivity contribution in [2.75, 3.05) is 31.5 Å². The summed E-state index contributed by atoms with van der Waals surface area (Å²) < 4.78 is 14.5. The SMILES string of the molecule is C[C@@H]1C[C@H](C)CN(CCNc2cnc3ccc(-c4cn[nH]c4-c4cc(Cl)ccc4F)nc3c2)C1. The molecule has 0 bridgehead atoms. The Morgan fingerprint density at radius 1 is 1.06 bits per heavy atom. The van der Waals surface area contributed by atoms with Crippen molar-refractivity contribution < 1.29 is 4.39 Å². The monoisotopic (exact) mass is 478 g/mol. The quantitative estimate of drug-likeness (QED) is 0.362. The van der Waals surface area contributed by atoms with Crippen LogP contribution in [0.3, 0.4) is 0 Å². The molecule has 1 aliphatic rings. The number of nitrogens with one attached hydrogen (secondary N) is 2.